The fraction of sp³-hybridized carbons (Fsp3) is 0.789. The average molecular weight is 381 g/mol. The van der Waals surface area contributed by atoms with E-state index >= 15 is 0 Å². The summed E-state index contributed by atoms with van der Waals surface area (Å²) in [6, 6.07) is -0.986. The van der Waals surface area contributed by atoms with Crippen molar-refractivity contribution < 1.29 is 23.9 Å². The summed E-state index contributed by atoms with van der Waals surface area (Å²) in [4.78, 5) is 51.2. The molecule has 0 aromatic rings. The average Bonchev–Trinajstić information content (AvgIpc) is 2.65. The van der Waals surface area contributed by atoms with E-state index in [0.29, 0.717) is 25.8 Å². The Labute approximate surface area is 160 Å². The summed E-state index contributed by atoms with van der Waals surface area (Å²) >= 11 is 0. The van der Waals surface area contributed by atoms with Gasteiger partial charge in [-0.3, -0.25) is 19.2 Å². The number of nitrogens with zero attached hydrogens (tertiary/aromatic N) is 1. The number of carbonyl (C=O) groups is 4. The summed E-state index contributed by atoms with van der Waals surface area (Å²) in [5, 5.41) is 2.72. The van der Waals surface area contributed by atoms with Crippen LogP contribution < -0.4 is 11.1 Å². The third kappa shape index (κ3) is 4.25. The van der Waals surface area contributed by atoms with Gasteiger partial charge < -0.3 is 20.7 Å². The van der Waals surface area contributed by atoms with Crippen molar-refractivity contribution in [1.82, 2.24) is 10.2 Å². The molecule has 0 aromatic carbocycles. The summed E-state index contributed by atoms with van der Waals surface area (Å²) < 4.78 is 5.05. The molecule has 3 N–H and O–H groups in total. The molecule has 8 heteroatoms. The maximum Gasteiger partial charge on any atom is 0.321 e. The molecule has 0 spiro atoms. The van der Waals surface area contributed by atoms with Gasteiger partial charge in [0.15, 0.2) is 0 Å². The van der Waals surface area contributed by atoms with Gasteiger partial charge in [0.1, 0.15) is 11.5 Å². The van der Waals surface area contributed by atoms with Gasteiger partial charge in [0.25, 0.3) is 0 Å². The predicted molar refractivity (Wildman–Crippen MR) is 98.2 cm³/mol. The van der Waals surface area contributed by atoms with Crippen molar-refractivity contribution in [3.8, 4) is 0 Å². The molecule has 0 radical (unpaired) electrons. The number of ether oxygens (including phenoxy) is 1. The molecule has 3 amide bonds. The molecule has 2 bridgehead atoms. The van der Waals surface area contributed by atoms with Crippen molar-refractivity contribution in [3.63, 3.8) is 0 Å². The first-order valence-corrected chi connectivity index (χ1v) is 9.71. The minimum Gasteiger partial charge on any atom is -0.465 e. The molecule has 2 heterocycles. The molecule has 3 fully saturated rings. The molecule has 1 saturated carbocycles. The molecule has 2 aliphatic heterocycles. The summed E-state index contributed by atoms with van der Waals surface area (Å²) in [5.41, 5.74) is 4.03. The number of amides is 3. The minimum absolute atomic E-state index is 0.206. The van der Waals surface area contributed by atoms with Gasteiger partial charge in [-0.2, -0.15) is 0 Å². The van der Waals surface area contributed by atoms with Crippen LogP contribution in [0.1, 0.15) is 53.4 Å². The van der Waals surface area contributed by atoms with Gasteiger partial charge in [0.2, 0.25) is 17.7 Å². The lowest BCUT2D eigenvalue weighted by Gasteiger charge is -2.50. The Morgan fingerprint density at radius 2 is 1.89 bits per heavy atom. The van der Waals surface area contributed by atoms with Gasteiger partial charge in [-0.1, -0.05) is 6.92 Å². The lowest BCUT2D eigenvalue weighted by molar-refractivity contribution is -0.168. The van der Waals surface area contributed by atoms with Crippen LogP contribution in [0.4, 0.5) is 0 Å². The van der Waals surface area contributed by atoms with Gasteiger partial charge in [0, 0.05) is 12.6 Å². The highest BCUT2D eigenvalue weighted by molar-refractivity contribution is 6.02. The Morgan fingerprint density at radius 1 is 1.22 bits per heavy atom. The first-order chi connectivity index (χ1) is 12.6. The molecule has 1 unspecified atom stereocenters. The quantitative estimate of drug-likeness (QED) is 0.494. The molecule has 1 aliphatic carbocycles. The van der Waals surface area contributed by atoms with E-state index in [9.17, 15) is 19.2 Å². The van der Waals surface area contributed by atoms with E-state index in [2.05, 4.69) is 5.32 Å². The lowest BCUT2D eigenvalue weighted by Crippen LogP contribution is -2.62. The summed E-state index contributed by atoms with van der Waals surface area (Å²) in [5.74, 6) is -1.87. The highest BCUT2D eigenvalue weighted by atomic mass is 16.5. The van der Waals surface area contributed by atoms with E-state index in [1.54, 1.807) is 32.6 Å². The third-order valence-electron chi connectivity index (χ3n) is 5.76. The third-order valence-corrected chi connectivity index (χ3v) is 5.76. The summed E-state index contributed by atoms with van der Waals surface area (Å²) in [6.45, 7) is 7.35. The Bertz CT molecular complexity index is 618. The van der Waals surface area contributed by atoms with Crippen molar-refractivity contribution in [2.24, 2.45) is 23.0 Å². The molecule has 8 nitrogen and oxygen atoms in total. The number of nitrogens with one attached hydrogen (secondary N) is 1. The van der Waals surface area contributed by atoms with Crippen LogP contribution in [0.25, 0.3) is 0 Å². The zero-order chi connectivity index (χ0) is 20.4. The van der Waals surface area contributed by atoms with Gasteiger partial charge in [-0.15, -0.1) is 0 Å². The molecular weight excluding hydrogens is 350 g/mol. The van der Waals surface area contributed by atoms with E-state index < -0.39 is 29.3 Å². The van der Waals surface area contributed by atoms with Gasteiger partial charge in [0.05, 0.1) is 12.5 Å². The zero-order valence-corrected chi connectivity index (χ0v) is 16.6. The van der Waals surface area contributed by atoms with Crippen molar-refractivity contribution in [3.05, 3.63) is 0 Å². The van der Waals surface area contributed by atoms with Crippen LogP contribution in [0.3, 0.4) is 0 Å². The normalized spacial score (nSPS) is 25.6. The number of esters is 1. The monoisotopic (exact) mass is 381 g/mol. The van der Waals surface area contributed by atoms with E-state index in [0.717, 1.165) is 6.42 Å². The van der Waals surface area contributed by atoms with Crippen molar-refractivity contribution in [2.45, 2.75) is 65.5 Å². The number of nitrogens with two attached hydrogens (primary N) is 1. The van der Waals surface area contributed by atoms with Crippen molar-refractivity contribution in [2.75, 3.05) is 13.2 Å². The SMILES string of the molecule is CCOC(=O)C(C)(C)C(=O)N1C[C@H]2CC[C@@H]1[C@H](C(=O)NC(CC)C(N)=O)C2. The number of hydrogen-bond acceptors (Lipinski definition) is 5. The molecule has 152 valence electrons. The second-order valence-electron chi connectivity index (χ2n) is 8.03. The molecule has 4 atom stereocenters. The second kappa shape index (κ2) is 8.27. The number of hydrogen-bond donors (Lipinski definition) is 2. The van der Waals surface area contributed by atoms with Gasteiger partial charge in [-0.25, -0.2) is 0 Å². The smallest absolute Gasteiger partial charge is 0.321 e. The standard InChI is InChI=1S/C19H31N3O5/c1-5-13(15(20)23)21-16(24)12-9-11-7-8-14(12)22(10-11)17(25)19(3,4)18(26)27-6-2/h11-14H,5-10H2,1-4H3,(H2,20,23)(H,21,24)/t11-,12+,13?,14+/m0/s1. The number of carbonyl (C=O) groups excluding carboxylic acids is 4. The predicted octanol–water partition coefficient (Wildman–Crippen LogP) is 0.583. The number of fused-ring (bicyclic) bond motifs is 3. The molecule has 0 aromatic heterocycles. The van der Waals surface area contributed by atoms with E-state index in [-0.39, 0.29) is 30.4 Å². The molecular formula is C19H31N3O5. The maximum absolute atomic E-state index is 13.1. The number of rotatable bonds is 7. The minimum atomic E-state index is -1.30. The van der Waals surface area contributed by atoms with Crippen LogP contribution >= 0.6 is 0 Å². The molecule has 3 rings (SSSR count). The lowest BCUT2D eigenvalue weighted by atomic mass is 9.71. The van der Waals surface area contributed by atoms with Crippen LogP contribution in [-0.4, -0.2) is 53.8 Å². The van der Waals surface area contributed by atoms with Crippen LogP contribution in [0, 0.1) is 17.3 Å². The topological polar surface area (TPSA) is 119 Å². The number of piperidine rings is 2. The molecule has 3 aliphatic rings. The highest BCUT2D eigenvalue weighted by Crippen LogP contribution is 2.41. The molecule has 2 saturated heterocycles. The highest BCUT2D eigenvalue weighted by Gasteiger charge is 2.50. The van der Waals surface area contributed by atoms with E-state index in [4.69, 9.17) is 10.5 Å². The summed E-state index contributed by atoms with van der Waals surface area (Å²) in [6.07, 6.45) is 2.75. The Hall–Kier alpha value is -2.12. The van der Waals surface area contributed by atoms with Gasteiger partial charge >= 0.3 is 5.97 Å². The molecule has 27 heavy (non-hydrogen) atoms. The summed E-state index contributed by atoms with van der Waals surface area (Å²) in [7, 11) is 0. The first-order valence-electron chi connectivity index (χ1n) is 9.71. The van der Waals surface area contributed by atoms with Crippen LogP contribution in [0.2, 0.25) is 0 Å². The zero-order valence-electron chi connectivity index (χ0n) is 16.6. The Morgan fingerprint density at radius 3 is 2.41 bits per heavy atom. The van der Waals surface area contributed by atoms with Crippen molar-refractivity contribution >= 4 is 23.7 Å². The van der Waals surface area contributed by atoms with Crippen molar-refractivity contribution in [1.29, 1.82) is 0 Å². The second-order valence-corrected chi connectivity index (χ2v) is 8.03. The fourth-order valence-electron chi connectivity index (χ4n) is 4.12. The Balaban J connectivity index is 2.17. The van der Waals surface area contributed by atoms with E-state index in [1.165, 1.54) is 0 Å². The maximum atomic E-state index is 13.1. The Kier molecular flexibility index (Phi) is 6.49. The van der Waals surface area contributed by atoms with Crippen LogP contribution in [-0.2, 0) is 23.9 Å². The number of primary amides is 1. The first kappa shape index (κ1) is 21.2. The van der Waals surface area contributed by atoms with Crippen LogP contribution in [0.15, 0.2) is 0 Å². The van der Waals surface area contributed by atoms with E-state index in [1.807, 2.05) is 0 Å². The van der Waals surface area contributed by atoms with Gasteiger partial charge in [-0.05, 0) is 52.4 Å². The largest absolute Gasteiger partial charge is 0.465 e. The van der Waals surface area contributed by atoms with Crippen LogP contribution in [0.5, 0.6) is 0 Å². The fourth-order valence-corrected chi connectivity index (χ4v) is 4.12.